The Hall–Kier alpha value is -1.42. The molecule has 0 bridgehead atoms. The number of amides is 1. The summed E-state index contributed by atoms with van der Waals surface area (Å²) in [5, 5.41) is 3.15. The highest BCUT2D eigenvalue weighted by Gasteiger charge is 2.13. The highest BCUT2D eigenvalue weighted by atomic mass is 35.5. The Kier molecular flexibility index (Phi) is 5.28. The van der Waals surface area contributed by atoms with Crippen molar-refractivity contribution in [2.75, 3.05) is 30.8 Å². The van der Waals surface area contributed by atoms with Gasteiger partial charge < -0.3 is 16.0 Å². The van der Waals surface area contributed by atoms with Crippen LogP contribution in [0.25, 0.3) is 0 Å². The molecule has 0 saturated heterocycles. The van der Waals surface area contributed by atoms with Crippen LogP contribution in [0.1, 0.15) is 18.9 Å². The van der Waals surface area contributed by atoms with E-state index in [4.69, 9.17) is 17.3 Å². The van der Waals surface area contributed by atoms with Crippen molar-refractivity contribution in [1.29, 1.82) is 0 Å². The predicted octanol–water partition coefficient (Wildman–Crippen LogP) is 2.19. The van der Waals surface area contributed by atoms with Crippen LogP contribution in [0.2, 0.25) is 5.02 Å². The standard InChI is InChI=1S/C13H20ClN3O/c1-4-5-17(8-13(18)16-3)12-7-10(14)11(15)6-9(12)2/h6-7H,4-5,8,15H2,1-3H3,(H,16,18). The van der Waals surface area contributed by atoms with Crippen LogP contribution in [0.4, 0.5) is 11.4 Å². The summed E-state index contributed by atoms with van der Waals surface area (Å²) in [7, 11) is 1.63. The Morgan fingerprint density at radius 2 is 2.17 bits per heavy atom. The summed E-state index contributed by atoms with van der Waals surface area (Å²) in [6.45, 7) is 5.17. The molecule has 0 aliphatic carbocycles. The molecule has 0 radical (unpaired) electrons. The summed E-state index contributed by atoms with van der Waals surface area (Å²) in [6, 6.07) is 3.66. The van der Waals surface area contributed by atoms with E-state index in [2.05, 4.69) is 12.2 Å². The number of aryl methyl sites for hydroxylation is 1. The van der Waals surface area contributed by atoms with Gasteiger partial charge in [-0.3, -0.25) is 4.79 Å². The van der Waals surface area contributed by atoms with Gasteiger partial charge in [-0.2, -0.15) is 0 Å². The van der Waals surface area contributed by atoms with E-state index in [-0.39, 0.29) is 5.91 Å². The number of carbonyl (C=O) groups is 1. The van der Waals surface area contributed by atoms with Crippen LogP contribution in [-0.2, 0) is 4.79 Å². The molecule has 1 amide bonds. The number of benzene rings is 1. The Morgan fingerprint density at radius 3 is 2.72 bits per heavy atom. The number of rotatable bonds is 5. The first-order valence-corrected chi connectivity index (χ1v) is 6.38. The smallest absolute Gasteiger partial charge is 0.239 e. The molecule has 3 N–H and O–H groups in total. The van der Waals surface area contributed by atoms with Gasteiger partial charge in [0.05, 0.1) is 17.3 Å². The molecule has 0 aliphatic rings. The molecule has 1 aromatic rings. The zero-order valence-electron chi connectivity index (χ0n) is 11.1. The van der Waals surface area contributed by atoms with Crippen LogP contribution in [0, 0.1) is 6.92 Å². The summed E-state index contributed by atoms with van der Waals surface area (Å²) in [6.07, 6.45) is 0.957. The molecule has 0 aliphatic heterocycles. The van der Waals surface area contributed by atoms with Crippen molar-refractivity contribution in [3.8, 4) is 0 Å². The van der Waals surface area contributed by atoms with Crippen molar-refractivity contribution in [3.05, 3.63) is 22.7 Å². The minimum atomic E-state index is -0.0178. The molecule has 5 heteroatoms. The van der Waals surface area contributed by atoms with Crippen LogP contribution in [0.5, 0.6) is 0 Å². The third-order valence-corrected chi connectivity index (χ3v) is 3.09. The molecule has 0 atom stereocenters. The second-order valence-electron chi connectivity index (χ2n) is 4.25. The maximum atomic E-state index is 11.5. The lowest BCUT2D eigenvalue weighted by Gasteiger charge is -2.25. The van der Waals surface area contributed by atoms with E-state index in [9.17, 15) is 4.79 Å². The number of likely N-dealkylation sites (N-methyl/N-ethyl adjacent to an activating group) is 1. The fourth-order valence-corrected chi connectivity index (χ4v) is 2.00. The minimum Gasteiger partial charge on any atom is -0.398 e. The maximum Gasteiger partial charge on any atom is 0.239 e. The molecular weight excluding hydrogens is 250 g/mol. The Bertz CT molecular complexity index is 434. The number of anilines is 2. The molecule has 0 aromatic heterocycles. The van der Waals surface area contributed by atoms with Gasteiger partial charge in [-0.25, -0.2) is 0 Å². The van der Waals surface area contributed by atoms with Gasteiger partial charge in [0.25, 0.3) is 0 Å². The first-order valence-electron chi connectivity index (χ1n) is 6.00. The minimum absolute atomic E-state index is 0.0178. The summed E-state index contributed by atoms with van der Waals surface area (Å²) in [4.78, 5) is 13.5. The van der Waals surface area contributed by atoms with Gasteiger partial charge in [-0.1, -0.05) is 18.5 Å². The first-order chi connectivity index (χ1) is 8.49. The highest BCUT2D eigenvalue weighted by Crippen LogP contribution is 2.29. The van der Waals surface area contributed by atoms with E-state index in [1.165, 1.54) is 0 Å². The molecule has 0 fully saturated rings. The van der Waals surface area contributed by atoms with Crippen molar-refractivity contribution >= 4 is 28.9 Å². The molecule has 0 saturated carbocycles. The number of carbonyl (C=O) groups excluding carboxylic acids is 1. The molecule has 18 heavy (non-hydrogen) atoms. The van der Waals surface area contributed by atoms with E-state index >= 15 is 0 Å². The number of nitrogens with two attached hydrogens (primary N) is 1. The largest absolute Gasteiger partial charge is 0.398 e. The van der Waals surface area contributed by atoms with Crippen LogP contribution in [0.15, 0.2) is 12.1 Å². The van der Waals surface area contributed by atoms with E-state index < -0.39 is 0 Å². The van der Waals surface area contributed by atoms with E-state index in [1.54, 1.807) is 7.05 Å². The summed E-state index contributed by atoms with van der Waals surface area (Å²) >= 11 is 6.05. The van der Waals surface area contributed by atoms with Gasteiger partial charge in [-0.15, -0.1) is 0 Å². The average Bonchev–Trinajstić information content (AvgIpc) is 2.33. The molecule has 100 valence electrons. The van der Waals surface area contributed by atoms with E-state index in [0.29, 0.717) is 17.3 Å². The summed E-state index contributed by atoms with van der Waals surface area (Å²) < 4.78 is 0. The Morgan fingerprint density at radius 1 is 1.50 bits per heavy atom. The monoisotopic (exact) mass is 269 g/mol. The first kappa shape index (κ1) is 14.6. The van der Waals surface area contributed by atoms with Crippen LogP contribution < -0.4 is 16.0 Å². The number of halogens is 1. The Balaban J connectivity index is 3.05. The van der Waals surface area contributed by atoms with Gasteiger partial charge in [0.1, 0.15) is 0 Å². The lowest BCUT2D eigenvalue weighted by molar-refractivity contribution is -0.119. The van der Waals surface area contributed by atoms with Crippen molar-refractivity contribution in [1.82, 2.24) is 5.32 Å². The maximum absolute atomic E-state index is 11.5. The van der Waals surface area contributed by atoms with Gasteiger partial charge in [-0.05, 0) is 31.0 Å². The van der Waals surface area contributed by atoms with Crippen LogP contribution in [-0.4, -0.2) is 26.0 Å². The van der Waals surface area contributed by atoms with Crippen molar-refractivity contribution in [2.24, 2.45) is 0 Å². The van der Waals surface area contributed by atoms with Gasteiger partial charge in [0, 0.05) is 19.3 Å². The number of nitrogens with one attached hydrogen (secondary N) is 1. The van der Waals surface area contributed by atoms with Crippen molar-refractivity contribution < 1.29 is 4.79 Å². The quantitative estimate of drug-likeness (QED) is 0.806. The lowest BCUT2D eigenvalue weighted by Crippen LogP contribution is -2.36. The van der Waals surface area contributed by atoms with Crippen molar-refractivity contribution in [2.45, 2.75) is 20.3 Å². The SMILES string of the molecule is CCCN(CC(=O)NC)c1cc(Cl)c(N)cc1C. The predicted molar refractivity (Wildman–Crippen MR) is 77.2 cm³/mol. The van der Waals surface area contributed by atoms with Gasteiger partial charge >= 0.3 is 0 Å². The molecule has 4 nitrogen and oxygen atoms in total. The van der Waals surface area contributed by atoms with Crippen LogP contribution >= 0.6 is 11.6 Å². The molecular formula is C13H20ClN3O. The molecule has 0 heterocycles. The fourth-order valence-electron chi connectivity index (χ4n) is 1.84. The second kappa shape index (κ2) is 6.50. The van der Waals surface area contributed by atoms with E-state index in [0.717, 1.165) is 24.2 Å². The average molecular weight is 270 g/mol. The van der Waals surface area contributed by atoms with Gasteiger partial charge in [0.15, 0.2) is 0 Å². The van der Waals surface area contributed by atoms with Crippen molar-refractivity contribution in [3.63, 3.8) is 0 Å². The molecule has 1 rings (SSSR count). The third-order valence-electron chi connectivity index (χ3n) is 2.76. The zero-order valence-corrected chi connectivity index (χ0v) is 11.8. The molecule has 1 aromatic carbocycles. The lowest BCUT2D eigenvalue weighted by atomic mass is 10.1. The molecule has 0 spiro atoms. The number of nitrogen functional groups attached to an aromatic ring is 1. The normalized spacial score (nSPS) is 10.2. The Labute approximate surface area is 113 Å². The number of nitrogens with zero attached hydrogens (tertiary/aromatic N) is 1. The van der Waals surface area contributed by atoms with Gasteiger partial charge in [0.2, 0.25) is 5.91 Å². The van der Waals surface area contributed by atoms with E-state index in [1.807, 2.05) is 24.0 Å². The fraction of sp³-hybridized carbons (Fsp3) is 0.462. The topological polar surface area (TPSA) is 58.4 Å². The molecule has 0 unspecified atom stereocenters. The third kappa shape index (κ3) is 3.53. The highest BCUT2D eigenvalue weighted by molar-refractivity contribution is 6.33. The van der Waals surface area contributed by atoms with Crippen LogP contribution in [0.3, 0.4) is 0 Å². The number of hydrogen-bond donors (Lipinski definition) is 2. The number of hydrogen-bond acceptors (Lipinski definition) is 3. The second-order valence-corrected chi connectivity index (χ2v) is 4.66. The zero-order chi connectivity index (χ0) is 13.7. The summed E-state index contributed by atoms with van der Waals surface area (Å²) in [5.74, 6) is -0.0178. The summed E-state index contributed by atoms with van der Waals surface area (Å²) in [5.41, 5.74) is 8.31.